The number of aryl methyl sites for hydroxylation is 1. The predicted molar refractivity (Wildman–Crippen MR) is 64.7 cm³/mol. The van der Waals surface area contributed by atoms with Crippen molar-refractivity contribution in [3.63, 3.8) is 0 Å². The highest BCUT2D eigenvalue weighted by Gasteiger charge is 2.05. The van der Waals surface area contributed by atoms with Gasteiger partial charge in [0.2, 0.25) is 0 Å². The fraction of sp³-hybridized carbons (Fsp3) is 0.308. The molecule has 86 valence electrons. The molecule has 2 rings (SSSR count). The molecule has 0 fully saturated rings. The van der Waals surface area contributed by atoms with Gasteiger partial charge in [-0.1, -0.05) is 32.9 Å². The van der Waals surface area contributed by atoms with Crippen molar-refractivity contribution < 1.29 is 4.39 Å². The zero-order valence-corrected chi connectivity index (χ0v) is 9.92. The number of halogens is 1. The molecular weight excluding hydrogens is 203 g/mol. The highest BCUT2D eigenvalue weighted by Crippen LogP contribution is 2.21. The maximum Gasteiger partial charge on any atom is 0.123 e. The number of nitrogens with zero attached hydrogens (tertiary/aromatic N) is 1. The van der Waals surface area contributed by atoms with E-state index in [0.29, 0.717) is 0 Å². The van der Waals surface area contributed by atoms with Crippen LogP contribution in [0.15, 0.2) is 30.5 Å². The van der Waals surface area contributed by atoms with Crippen molar-refractivity contribution in [2.45, 2.75) is 27.2 Å². The fourth-order valence-electron chi connectivity index (χ4n) is 1.47. The fourth-order valence-corrected chi connectivity index (χ4v) is 1.47. The molecule has 0 bridgehead atoms. The van der Waals surface area contributed by atoms with Crippen LogP contribution in [0.3, 0.4) is 0 Å². The normalized spacial score (nSPS) is 9.50. The zero-order valence-electron chi connectivity index (χ0n) is 9.92. The number of hydrogen-bond acceptors (Lipinski definition) is 1. The lowest BCUT2D eigenvalue weighted by atomic mass is 10.1. The number of nitrogens with one attached hydrogen (secondary N) is 1. The molecule has 1 N–H and O–H groups in total. The summed E-state index contributed by atoms with van der Waals surface area (Å²) in [6.45, 7) is 6.05. The highest BCUT2D eigenvalue weighted by atomic mass is 19.1. The van der Waals surface area contributed by atoms with Gasteiger partial charge in [-0.15, -0.1) is 0 Å². The Morgan fingerprint density at radius 1 is 1.31 bits per heavy atom. The molecule has 0 amide bonds. The van der Waals surface area contributed by atoms with Crippen LogP contribution in [0.4, 0.5) is 4.39 Å². The summed E-state index contributed by atoms with van der Waals surface area (Å²) in [5.74, 6) is -0.223. The van der Waals surface area contributed by atoms with Crippen molar-refractivity contribution in [2.24, 2.45) is 0 Å². The largest absolute Gasteiger partial charge is 0.278 e. The molecule has 2 aromatic rings. The molecule has 2 nitrogen and oxygen atoms in total. The second kappa shape index (κ2) is 6.05. The second-order valence-corrected chi connectivity index (χ2v) is 3.13. The van der Waals surface area contributed by atoms with Crippen LogP contribution in [0.25, 0.3) is 11.3 Å². The van der Waals surface area contributed by atoms with Gasteiger partial charge >= 0.3 is 0 Å². The van der Waals surface area contributed by atoms with Crippen LogP contribution in [-0.2, 0) is 6.42 Å². The Bertz CT molecular complexity index is 435. The Balaban J connectivity index is 0.000000606. The number of rotatable bonds is 2. The Labute approximate surface area is 95.5 Å². The Hall–Kier alpha value is -1.64. The molecule has 1 heterocycles. The van der Waals surface area contributed by atoms with Gasteiger partial charge in [0.25, 0.3) is 0 Å². The summed E-state index contributed by atoms with van der Waals surface area (Å²) in [6, 6.07) is 6.51. The van der Waals surface area contributed by atoms with Gasteiger partial charge in [0.05, 0.1) is 11.9 Å². The second-order valence-electron chi connectivity index (χ2n) is 3.13. The Kier molecular flexibility index (Phi) is 4.70. The van der Waals surface area contributed by atoms with Crippen LogP contribution in [0.1, 0.15) is 26.3 Å². The van der Waals surface area contributed by atoms with E-state index < -0.39 is 0 Å². The average molecular weight is 220 g/mol. The van der Waals surface area contributed by atoms with Gasteiger partial charge in [-0.05, 0) is 24.1 Å². The van der Waals surface area contributed by atoms with E-state index in [9.17, 15) is 4.39 Å². The van der Waals surface area contributed by atoms with E-state index in [4.69, 9.17) is 0 Å². The third kappa shape index (κ3) is 2.69. The maximum absolute atomic E-state index is 13.0. The zero-order chi connectivity index (χ0) is 12.0. The van der Waals surface area contributed by atoms with Crippen LogP contribution in [-0.4, -0.2) is 10.2 Å². The van der Waals surface area contributed by atoms with Crippen molar-refractivity contribution in [3.8, 4) is 11.3 Å². The summed E-state index contributed by atoms with van der Waals surface area (Å²) in [6.07, 6.45) is 2.67. The topological polar surface area (TPSA) is 28.7 Å². The minimum absolute atomic E-state index is 0.223. The molecule has 0 atom stereocenters. The van der Waals surface area contributed by atoms with Gasteiger partial charge in [0.15, 0.2) is 0 Å². The van der Waals surface area contributed by atoms with Gasteiger partial charge < -0.3 is 0 Å². The van der Waals surface area contributed by atoms with E-state index in [2.05, 4.69) is 10.2 Å². The molecule has 1 aromatic carbocycles. The van der Waals surface area contributed by atoms with E-state index in [1.807, 2.05) is 26.8 Å². The SMILES string of the molecule is CC.CCc1cn[nH]c1-c1cccc(F)c1. The van der Waals surface area contributed by atoms with Crippen LogP contribution in [0.5, 0.6) is 0 Å². The van der Waals surface area contributed by atoms with Gasteiger partial charge in [0.1, 0.15) is 5.82 Å². The van der Waals surface area contributed by atoms with E-state index in [1.54, 1.807) is 12.3 Å². The lowest BCUT2D eigenvalue weighted by Gasteiger charge is -2.00. The van der Waals surface area contributed by atoms with Crippen LogP contribution in [0, 0.1) is 5.82 Å². The first-order valence-corrected chi connectivity index (χ1v) is 5.59. The summed E-state index contributed by atoms with van der Waals surface area (Å²) in [5.41, 5.74) is 2.86. The first-order valence-electron chi connectivity index (χ1n) is 5.59. The van der Waals surface area contributed by atoms with Gasteiger partial charge in [-0.2, -0.15) is 5.10 Å². The number of H-pyrrole nitrogens is 1. The van der Waals surface area contributed by atoms with Crippen molar-refractivity contribution in [2.75, 3.05) is 0 Å². The van der Waals surface area contributed by atoms with Crippen molar-refractivity contribution in [1.82, 2.24) is 10.2 Å². The summed E-state index contributed by atoms with van der Waals surface area (Å²) < 4.78 is 13.0. The minimum atomic E-state index is -0.223. The lowest BCUT2D eigenvalue weighted by molar-refractivity contribution is 0.628. The first-order chi connectivity index (χ1) is 7.81. The lowest BCUT2D eigenvalue weighted by Crippen LogP contribution is -1.85. The third-order valence-corrected chi connectivity index (χ3v) is 2.21. The Morgan fingerprint density at radius 3 is 2.69 bits per heavy atom. The number of aromatic nitrogens is 2. The van der Waals surface area contributed by atoms with Crippen LogP contribution >= 0.6 is 0 Å². The van der Waals surface area contributed by atoms with E-state index in [0.717, 1.165) is 23.2 Å². The first kappa shape index (κ1) is 12.4. The molecular formula is C13H17FN2. The molecule has 0 aliphatic heterocycles. The van der Waals surface area contributed by atoms with Gasteiger partial charge in [0, 0.05) is 5.56 Å². The molecule has 0 unspecified atom stereocenters. The average Bonchev–Trinajstić information content (AvgIpc) is 2.80. The molecule has 0 saturated heterocycles. The quantitative estimate of drug-likeness (QED) is 0.819. The van der Waals surface area contributed by atoms with E-state index in [1.165, 1.54) is 12.1 Å². The van der Waals surface area contributed by atoms with Crippen LogP contribution in [0.2, 0.25) is 0 Å². The smallest absolute Gasteiger partial charge is 0.123 e. The molecule has 0 radical (unpaired) electrons. The van der Waals surface area contributed by atoms with Crippen molar-refractivity contribution in [1.29, 1.82) is 0 Å². The van der Waals surface area contributed by atoms with Crippen molar-refractivity contribution in [3.05, 3.63) is 41.8 Å². The number of hydrogen-bond donors (Lipinski definition) is 1. The summed E-state index contributed by atoms with van der Waals surface area (Å²) in [4.78, 5) is 0. The van der Waals surface area contributed by atoms with Crippen LogP contribution < -0.4 is 0 Å². The molecule has 0 aliphatic carbocycles. The number of benzene rings is 1. The molecule has 0 spiro atoms. The standard InChI is InChI=1S/C11H11FN2.C2H6/c1-2-8-7-13-14-11(8)9-4-3-5-10(12)6-9;1-2/h3-7H,2H2,1H3,(H,13,14);1-2H3. The van der Waals surface area contributed by atoms with E-state index in [-0.39, 0.29) is 5.82 Å². The highest BCUT2D eigenvalue weighted by molar-refractivity contribution is 5.62. The molecule has 0 aliphatic rings. The molecule has 16 heavy (non-hydrogen) atoms. The van der Waals surface area contributed by atoms with Crippen molar-refractivity contribution >= 4 is 0 Å². The molecule has 3 heteroatoms. The van der Waals surface area contributed by atoms with Gasteiger partial charge in [-0.25, -0.2) is 4.39 Å². The predicted octanol–water partition coefficient (Wildman–Crippen LogP) is 3.80. The number of aromatic amines is 1. The third-order valence-electron chi connectivity index (χ3n) is 2.21. The summed E-state index contributed by atoms with van der Waals surface area (Å²) in [7, 11) is 0. The maximum atomic E-state index is 13.0. The van der Waals surface area contributed by atoms with Gasteiger partial charge in [-0.3, -0.25) is 5.10 Å². The monoisotopic (exact) mass is 220 g/mol. The van der Waals surface area contributed by atoms with E-state index >= 15 is 0 Å². The minimum Gasteiger partial charge on any atom is -0.278 e. The Morgan fingerprint density at radius 2 is 2.06 bits per heavy atom. The molecule has 1 aromatic heterocycles. The summed E-state index contributed by atoms with van der Waals surface area (Å²) in [5, 5.41) is 6.84. The summed E-state index contributed by atoms with van der Waals surface area (Å²) >= 11 is 0. The molecule has 0 saturated carbocycles.